The maximum absolute atomic E-state index is 11.3. The van der Waals surface area contributed by atoms with Crippen LogP contribution in [0.25, 0.3) is 0 Å². The summed E-state index contributed by atoms with van der Waals surface area (Å²) in [5.41, 5.74) is 6.43. The third-order valence-electron chi connectivity index (χ3n) is 2.24. The Morgan fingerprint density at radius 3 is 2.53 bits per heavy atom. The van der Waals surface area contributed by atoms with Gasteiger partial charge < -0.3 is 15.6 Å². The van der Waals surface area contributed by atoms with Crippen molar-refractivity contribution in [3.8, 4) is 5.75 Å². The van der Waals surface area contributed by atoms with Crippen LogP contribution in [-0.4, -0.2) is 24.7 Å². The van der Waals surface area contributed by atoms with E-state index >= 15 is 0 Å². The van der Waals surface area contributed by atoms with Crippen molar-refractivity contribution in [1.29, 1.82) is 0 Å². The first-order valence-corrected chi connectivity index (χ1v) is 4.73. The average Bonchev–Trinajstić information content (AvgIpc) is 2.27. The molecule has 4 heteroatoms. The van der Waals surface area contributed by atoms with Crippen LogP contribution in [0.1, 0.15) is 5.56 Å². The Kier molecular flexibility index (Phi) is 4.12. The van der Waals surface area contributed by atoms with Crippen LogP contribution in [0.15, 0.2) is 24.3 Å². The lowest BCUT2D eigenvalue weighted by atomic mass is 9.99. The molecule has 0 fully saturated rings. The fourth-order valence-electron chi connectivity index (χ4n) is 1.35. The molecule has 0 aliphatic rings. The summed E-state index contributed by atoms with van der Waals surface area (Å²) in [7, 11) is 1.35. The van der Waals surface area contributed by atoms with Gasteiger partial charge in [0.25, 0.3) is 0 Å². The standard InChI is InChI=1S/C11H15NO3/c1-15-11(14)9(7-12)6-8-2-4-10(13)5-3-8/h2-5,9,13H,6-7,12H2,1H3/t9-/m1/s1. The molecule has 0 aliphatic heterocycles. The number of phenols is 1. The zero-order chi connectivity index (χ0) is 11.3. The number of hydrogen-bond donors (Lipinski definition) is 2. The number of nitrogens with two attached hydrogens (primary N) is 1. The number of ether oxygens (including phenoxy) is 1. The maximum Gasteiger partial charge on any atom is 0.310 e. The summed E-state index contributed by atoms with van der Waals surface area (Å²) in [6, 6.07) is 6.70. The highest BCUT2D eigenvalue weighted by Gasteiger charge is 2.17. The fourth-order valence-corrected chi connectivity index (χ4v) is 1.35. The second kappa shape index (κ2) is 5.36. The molecule has 0 bridgehead atoms. The Hall–Kier alpha value is -1.55. The van der Waals surface area contributed by atoms with Crippen LogP contribution in [0.3, 0.4) is 0 Å². The lowest BCUT2D eigenvalue weighted by Gasteiger charge is -2.11. The van der Waals surface area contributed by atoms with E-state index in [4.69, 9.17) is 10.8 Å². The maximum atomic E-state index is 11.3. The van der Waals surface area contributed by atoms with Gasteiger partial charge in [0.1, 0.15) is 5.75 Å². The van der Waals surface area contributed by atoms with Gasteiger partial charge in [-0.1, -0.05) is 12.1 Å². The number of aromatic hydroxyl groups is 1. The van der Waals surface area contributed by atoms with E-state index in [0.29, 0.717) is 6.42 Å². The van der Waals surface area contributed by atoms with E-state index in [2.05, 4.69) is 4.74 Å². The summed E-state index contributed by atoms with van der Waals surface area (Å²) in [6.07, 6.45) is 0.531. The highest BCUT2D eigenvalue weighted by atomic mass is 16.5. The van der Waals surface area contributed by atoms with Crippen LogP contribution < -0.4 is 5.73 Å². The van der Waals surface area contributed by atoms with Gasteiger partial charge in [0.05, 0.1) is 13.0 Å². The van der Waals surface area contributed by atoms with E-state index in [1.54, 1.807) is 24.3 Å². The first-order chi connectivity index (χ1) is 7.17. The second-order valence-corrected chi connectivity index (χ2v) is 3.33. The molecule has 0 unspecified atom stereocenters. The Morgan fingerprint density at radius 1 is 1.47 bits per heavy atom. The topological polar surface area (TPSA) is 72.5 Å². The highest BCUT2D eigenvalue weighted by molar-refractivity contribution is 5.72. The van der Waals surface area contributed by atoms with Crippen molar-refractivity contribution in [2.75, 3.05) is 13.7 Å². The first kappa shape index (κ1) is 11.5. The lowest BCUT2D eigenvalue weighted by Crippen LogP contribution is -2.26. The molecule has 0 aromatic heterocycles. The molecular weight excluding hydrogens is 194 g/mol. The van der Waals surface area contributed by atoms with Gasteiger partial charge in [-0.3, -0.25) is 4.79 Å². The number of benzene rings is 1. The van der Waals surface area contributed by atoms with Crippen molar-refractivity contribution < 1.29 is 14.6 Å². The predicted octanol–water partition coefficient (Wildman–Crippen LogP) is 0.683. The molecule has 1 aromatic carbocycles. The van der Waals surface area contributed by atoms with Crippen LogP contribution in [0.5, 0.6) is 5.75 Å². The second-order valence-electron chi connectivity index (χ2n) is 3.33. The summed E-state index contributed by atoms with van der Waals surface area (Å²) in [4.78, 5) is 11.3. The molecule has 0 aliphatic carbocycles. The van der Waals surface area contributed by atoms with Gasteiger partial charge in [-0.25, -0.2) is 0 Å². The molecule has 0 amide bonds. The molecule has 1 aromatic rings. The third-order valence-corrected chi connectivity index (χ3v) is 2.24. The van der Waals surface area contributed by atoms with E-state index < -0.39 is 0 Å². The van der Waals surface area contributed by atoms with Gasteiger partial charge in [0, 0.05) is 6.54 Å². The zero-order valence-corrected chi connectivity index (χ0v) is 8.64. The van der Waals surface area contributed by atoms with Crippen LogP contribution in [0.4, 0.5) is 0 Å². The number of hydrogen-bond acceptors (Lipinski definition) is 4. The molecule has 0 spiro atoms. The molecule has 0 heterocycles. The Balaban J connectivity index is 2.66. The van der Waals surface area contributed by atoms with Crippen LogP contribution in [0, 0.1) is 5.92 Å². The Bertz CT molecular complexity index is 321. The summed E-state index contributed by atoms with van der Waals surface area (Å²) >= 11 is 0. The first-order valence-electron chi connectivity index (χ1n) is 4.73. The monoisotopic (exact) mass is 209 g/mol. The molecule has 3 N–H and O–H groups in total. The van der Waals surface area contributed by atoms with Gasteiger partial charge in [-0.2, -0.15) is 0 Å². The van der Waals surface area contributed by atoms with E-state index in [-0.39, 0.29) is 24.2 Å². The fraction of sp³-hybridized carbons (Fsp3) is 0.364. The summed E-state index contributed by atoms with van der Waals surface area (Å²) in [5.74, 6) is -0.411. The number of esters is 1. The normalized spacial score (nSPS) is 12.1. The largest absolute Gasteiger partial charge is 0.508 e. The van der Waals surface area contributed by atoms with Crippen molar-refractivity contribution in [2.24, 2.45) is 11.7 Å². The minimum Gasteiger partial charge on any atom is -0.508 e. The van der Waals surface area contributed by atoms with E-state index in [1.807, 2.05) is 0 Å². The smallest absolute Gasteiger partial charge is 0.310 e. The SMILES string of the molecule is COC(=O)[C@@H](CN)Cc1ccc(O)cc1. The molecule has 1 atom stereocenters. The Labute approximate surface area is 88.7 Å². The lowest BCUT2D eigenvalue weighted by molar-refractivity contribution is -0.145. The number of carbonyl (C=O) groups is 1. The highest BCUT2D eigenvalue weighted by Crippen LogP contribution is 2.13. The number of methoxy groups -OCH3 is 1. The summed E-state index contributed by atoms with van der Waals surface area (Å²) in [6.45, 7) is 0.257. The van der Waals surface area contributed by atoms with E-state index in [0.717, 1.165) is 5.56 Å². The minimum atomic E-state index is -0.320. The summed E-state index contributed by atoms with van der Waals surface area (Å²) < 4.78 is 4.63. The predicted molar refractivity (Wildman–Crippen MR) is 56.4 cm³/mol. The Morgan fingerprint density at radius 2 is 2.07 bits per heavy atom. The van der Waals surface area contributed by atoms with Crippen LogP contribution in [0.2, 0.25) is 0 Å². The van der Waals surface area contributed by atoms with Crippen LogP contribution in [-0.2, 0) is 16.0 Å². The van der Waals surface area contributed by atoms with Gasteiger partial charge >= 0.3 is 5.97 Å². The molecule has 1 rings (SSSR count). The quantitative estimate of drug-likeness (QED) is 0.715. The van der Waals surface area contributed by atoms with Gasteiger partial charge in [-0.05, 0) is 24.1 Å². The molecule has 0 saturated heterocycles. The van der Waals surface area contributed by atoms with E-state index in [9.17, 15) is 4.79 Å². The number of carbonyl (C=O) groups excluding carboxylic acids is 1. The van der Waals surface area contributed by atoms with Crippen molar-refractivity contribution in [3.05, 3.63) is 29.8 Å². The van der Waals surface area contributed by atoms with Crippen LogP contribution >= 0.6 is 0 Å². The number of phenolic OH excluding ortho intramolecular Hbond substituents is 1. The molecular formula is C11H15NO3. The molecule has 0 saturated carbocycles. The minimum absolute atomic E-state index is 0.209. The third kappa shape index (κ3) is 3.25. The van der Waals surface area contributed by atoms with Gasteiger partial charge in [-0.15, -0.1) is 0 Å². The molecule has 82 valence electrons. The van der Waals surface area contributed by atoms with Gasteiger partial charge in [0.15, 0.2) is 0 Å². The van der Waals surface area contributed by atoms with Gasteiger partial charge in [0.2, 0.25) is 0 Å². The van der Waals surface area contributed by atoms with Crippen molar-refractivity contribution >= 4 is 5.97 Å². The zero-order valence-electron chi connectivity index (χ0n) is 8.64. The van der Waals surface area contributed by atoms with Crippen molar-refractivity contribution in [2.45, 2.75) is 6.42 Å². The average molecular weight is 209 g/mol. The summed E-state index contributed by atoms with van der Waals surface area (Å²) in [5, 5.41) is 9.09. The van der Waals surface area contributed by atoms with Crippen molar-refractivity contribution in [1.82, 2.24) is 0 Å². The van der Waals surface area contributed by atoms with E-state index in [1.165, 1.54) is 7.11 Å². The molecule has 4 nitrogen and oxygen atoms in total. The number of rotatable bonds is 4. The van der Waals surface area contributed by atoms with Crippen molar-refractivity contribution in [3.63, 3.8) is 0 Å². The molecule has 15 heavy (non-hydrogen) atoms. The molecule has 0 radical (unpaired) electrons.